The van der Waals surface area contributed by atoms with E-state index in [2.05, 4.69) is 47.6 Å². The summed E-state index contributed by atoms with van der Waals surface area (Å²) in [4.78, 5) is 5.93. The van der Waals surface area contributed by atoms with Crippen molar-refractivity contribution in [1.82, 2.24) is 10.1 Å². The highest BCUT2D eigenvalue weighted by molar-refractivity contribution is 7.98. The van der Waals surface area contributed by atoms with E-state index in [9.17, 15) is 0 Å². The Morgan fingerprint density at radius 2 is 1.83 bits per heavy atom. The number of hydrogen-bond acceptors (Lipinski definition) is 4. The van der Waals surface area contributed by atoms with Crippen LogP contribution in [-0.4, -0.2) is 16.4 Å². The second kappa shape index (κ2) is 8.70. The summed E-state index contributed by atoms with van der Waals surface area (Å²) in [5, 5.41) is 4.20. The number of thioether (sulfide) groups is 1. The summed E-state index contributed by atoms with van der Waals surface area (Å²) in [6.45, 7) is 2.28. The molecule has 0 amide bonds. The van der Waals surface area contributed by atoms with Crippen molar-refractivity contribution in [1.29, 1.82) is 0 Å². The van der Waals surface area contributed by atoms with Crippen molar-refractivity contribution in [2.45, 2.75) is 69.1 Å². The third-order valence-electron chi connectivity index (χ3n) is 5.20. The van der Waals surface area contributed by atoms with Gasteiger partial charge in [0.2, 0.25) is 11.7 Å². The predicted molar refractivity (Wildman–Crippen MR) is 100 cm³/mol. The molecule has 1 saturated carbocycles. The number of rotatable bonds is 7. The van der Waals surface area contributed by atoms with E-state index in [4.69, 9.17) is 4.52 Å². The lowest BCUT2D eigenvalue weighted by molar-refractivity contribution is 0.259. The summed E-state index contributed by atoms with van der Waals surface area (Å²) in [6, 6.07) is 8.37. The second-order valence-corrected chi connectivity index (χ2v) is 7.78. The van der Waals surface area contributed by atoms with Gasteiger partial charge in [-0.15, -0.1) is 11.8 Å². The minimum atomic E-state index is 0.458. The average Bonchev–Trinajstić information content (AvgIpc) is 3.13. The van der Waals surface area contributed by atoms with Gasteiger partial charge in [-0.25, -0.2) is 0 Å². The first-order valence-corrected chi connectivity index (χ1v) is 10.5. The van der Waals surface area contributed by atoms with Crippen LogP contribution in [0.1, 0.15) is 70.1 Å². The van der Waals surface area contributed by atoms with Crippen molar-refractivity contribution < 1.29 is 4.52 Å². The maximum absolute atomic E-state index is 5.58. The number of unbranched alkanes of at least 4 members (excludes halogenated alkanes) is 2. The van der Waals surface area contributed by atoms with Gasteiger partial charge in [0.15, 0.2) is 0 Å². The van der Waals surface area contributed by atoms with Gasteiger partial charge in [0.25, 0.3) is 0 Å². The molecular formula is C20H28N2OS. The lowest BCUT2D eigenvalue weighted by Crippen LogP contribution is -2.13. The van der Waals surface area contributed by atoms with Gasteiger partial charge in [0.05, 0.1) is 0 Å². The van der Waals surface area contributed by atoms with Gasteiger partial charge >= 0.3 is 0 Å². The molecule has 3 nitrogen and oxygen atoms in total. The standard InChI is InChI=1S/C20H28N2OS/c1-3-4-5-6-15-7-9-17(10-8-15)20-21-19(22-23-20)16-11-13-18(24-2)14-12-16/h11-15,17H,3-10H2,1-2H3. The SMILES string of the molecule is CCCCCC1CCC(c2nc(-c3ccc(SC)cc3)no2)CC1. The molecular weight excluding hydrogens is 316 g/mol. The van der Waals surface area contributed by atoms with Crippen LogP contribution in [0.25, 0.3) is 11.4 Å². The van der Waals surface area contributed by atoms with Crippen LogP contribution in [0.3, 0.4) is 0 Å². The zero-order valence-corrected chi connectivity index (χ0v) is 15.6. The molecule has 0 atom stereocenters. The lowest BCUT2D eigenvalue weighted by Gasteiger charge is -2.26. The summed E-state index contributed by atoms with van der Waals surface area (Å²) in [5.74, 6) is 2.93. The molecule has 1 aliphatic rings. The van der Waals surface area contributed by atoms with E-state index in [1.807, 2.05) is 0 Å². The minimum Gasteiger partial charge on any atom is -0.339 e. The smallest absolute Gasteiger partial charge is 0.230 e. The van der Waals surface area contributed by atoms with Gasteiger partial charge < -0.3 is 4.52 Å². The Morgan fingerprint density at radius 1 is 1.08 bits per heavy atom. The summed E-state index contributed by atoms with van der Waals surface area (Å²) < 4.78 is 5.58. The molecule has 4 heteroatoms. The second-order valence-electron chi connectivity index (χ2n) is 6.90. The van der Waals surface area contributed by atoms with Crippen molar-refractivity contribution in [2.24, 2.45) is 5.92 Å². The van der Waals surface area contributed by atoms with E-state index in [1.165, 1.54) is 56.3 Å². The molecule has 3 rings (SSSR count). The van der Waals surface area contributed by atoms with Crippen molar-refractivity contribution in [2.75, 3.05) is 6.26 Å². The quantitative estimate of drug-likeness (QED) is 0.435. The summed E-state index contributed by atoms with van der Waals surface area (Å²) in [5.41, 5.74) is 1.04. The zero-order valence-electron chi connectivity index (χ0n) is 14.8. The van der Waals surface area contributed by atoms with Crippen LogP contribution >= 0.6 is 11.8 Å². The van der Waals surface area contributed by atoms with Crippen LogP contribution in [0.2, 0.25) is 0 Å². The Labute approximate surface area is 149 Å². The predicted octanol–water partition coefficient (Wildman–Crippen LogP) is 6.31. The highest BCUT2D eigenvalue weighted by Gasteiger charge is 2.26. The maximum atomic E-state index is 5.58. The first kappa shape index (κ1) is 17.5. The fourth-order valence-electron chi connectivity index (χ4n) is 3.64. The van der Waals surface area contributed by atoms with Crippen LogP contribution in [-0.2, 0) is 0 Å². The molecule has 0 N–H and O–H groups in total. The Hall–Kier alpha value is -1.29. The molecule has 0 saturated heterocycles. The number of hydrogen-bond donors (Lipinski definition) is 0. The van der Waals surface area contributed by atoms with Gasteiger partial charge in [0, 0.05) is 16.4 Å². The molecule has 24 heavy (non-hydrogen) atoms. The fraction of sp³-hybridized carbons (Fsp3) is 0.600. The summed E-state index contributed by atoms with van der Waals surface area (Å²) >= 11 is 1.74. The Bertz CT molecular complexity index is 615. The fourth-order valence-corrected chi connectivity index (χ4v) is 4.05. The van der Waals surface area contributed by atoms with Crippen LogP contribution in [0.15, 0.2) is 33.7 Å². The van der Waals surface area contributed by atoms with E-state index >= 15 is 0 Å². The first-order valence-electron chi connectivity index (χ1n) is 9.28. The third-order valence-corrected chi connectivity index (χ3v) is 5.95. The molecule has 0 unspecified atom stereocenters. The first-order chi connectivity index (χ1) is 11.8. The van der Waals surface area contributed by atoms with E-state index < -0.39 is 0 Å². The zero-order chi connectivity index (χ0) is 16.8. The normalized spacial score (nSPS) is 21.1. The van der Waals surface area contributed by atoms with E-state index in [-0.39, 0.29) is 0 Å². The largest absolute Gasteiger partial charge is 0.339 e. The Morgan fingerprint density at radius 3 is 2.50 bits per heavy atom. The average molecular weight is 345 g/mol. The topological polar surface area (TPSA) is 38.9 Å². The molecule has 0 radical (unpaired) electrons. The summed E-state index contributed by atoms with van der Waals surface area (Å²) in [6.07, 6.45) is 12.6. The van der Waals surface area contributed by atoms with Crippen molar-refractivity contribution in [3.8, 4) is 11.4 Å². The Kier molecular flexibility index (Phi) is 6.36. The van der Waals surface area contributed by atoms with Gasteiger partial charge in [-0.1, -0.05) is 37.8 Å². The molecule has 1 aromatic carbocycles. The summed E-state index contributed by atoms with van der Waals surface area (Å²) in [7, 11) is 0. The van der Waals surface area contributed by atoms with Gasteiger partial charge in [-0.3, -0.25) is 0 Å². The molecule has 130 valence electrons. The number of nitrogens with zero attached hydrogens (tertiary/aromatic N) is 2. The maximum Gasteiger partial charge on any atom is 0.230 e. The molecule has 0 spiro atoms. The minimum absolute atomic E-state index is 0.458. The van der Waals surface area contributed by atoms with Gasteiger partial charge in [0.1, 0.15) is 0 Å². The molecule has 1 aliphatic carbocycles. The Balaban J connectivity index is 1.56. The van der Waals surface area contributed by atoms with Crippen molar-refractivity contribution in [3.63, 3.8) is 0 Å². The molecule has 1 fully saturated rings. The van der Waals surface area contributed by atoms with Gasteiger partial charge in [-0.2, -0.15) is 4.98 Å². The lowest BCUT2D eigenvalue weighted by atomic mass is 9.79. The molecule has 2 aromatic rings. The molecule has 1 aromatic heterocycles. The monoisotopic (exact) mass is 344 g/mol. The molecule has 0 aliphatic heterocycles. The van der Waals surface area contributed by atoms with Crippen molar-refractivity contribution in [3.05, 3.63) is 30.2 Å². The van der Waals surface area contributed by atoms with Crippen LogP contribution in [0.5, 0.6) is 0 Å². The van der Waals surface area contributed by atoms with E-state index in [0.717, 1.165) is 23.2 Å². The number of benzene rings is 1. The molecule has 1 heterocycles. The molecule has 0 bridgehead atoms. The van der Waals surface area contributed by atoms with Crippen LogP contribution in [0.4, 0.5) is 0 Å². The van der Waals surface area contributed by atoms with Crippen molar-refractivity contribution >= 4 is 11.8 Å². The van der Waals surface area contributed by atoms with Crippen LogP contribution in [0, 0.1) is 5.92 Å². The van der Waals surface area contributed by atoms with E-state index in [0.29, 0.717) is 5.92 Å². The highest BCUT2D eigenvalue weighted by Crippen LogP contribution is 2.37. The van der Waals surface area contributed by atoms with Crippen LogP contribution < -0.4 is 0 Å². The number of aromatic nitrogens is 2. The van der Waals surface area contributed by atoms with E-state index in [1.54, 1.807) is 11.8 Å². The third kappa shape index (κ3) is 4.41. The highest BCUT2D eigenvalue weighted by atomic mass is 32.2. The van der Waals surface area contributed by atoms with Gasteiger partial charge in [-0.05, 0) is 62.1 Å².